The largest absolute Gasteiger partial charge is 0.497 e. The first-order valence-electron chi connectivity index (χ1n) is 9.00. The van der Waals surface area contributed by atoms with Gasteiger partial charge in [-0.1, -0.05) is 12.1 Å². The van der Waals surface area contributed by atoms with Crippen molar-refractivity contribution < 1.29 is 28.6 Å². The van der Waals surface area contributed by atoms with Crippen molar-refractivity contribution in [2.45, 2.75) is 13.1 Å². The van der Waals surface area contributed by atoms with Crippen molar-refractivity contribution in [3.63, 3.8) is 0 Å². The number of nitrogens with one attached hydrogen (secondary N) is 2. The van der Waals surface area contributed by atoms with E-state index in [1.807, 2.05) is 43.4 Å². The predicted molar refractivity (Wildman–Crippen MR) is 106 cm³/mol. The molecule has 1 unspecified atom stereocenters. The van der Waals surface area contributed by atoms with Crippen LogP contribution in [0.3, 0.4) is 0 Å². The molecule has 0 saturated heterocycles. The summed E-state index contributed by atoms with van der Waals surface area (Å²) in [5.41, 5.74) is 1.99. The minimum atomic E-state index is -0.0332. The number of methoxy groups -OCH3 is 4. The van der Waals surface area contributed by atoms with Gasteiger partial charge in [0.05, 0.1) is 35.5 Å². The van der Waals surface area contributed by atoms with Gasteiger partial charge in [0.15, 0.2) is 18.0 Å². The number of hydrogen-bond acceptors (Lipinski definition) is 5. The molecule has 2 rings (SSSR count). The SMILES string of the molecule is COc1cccc(C[NH+](C)CC(=O)NCc2cc(OC)c(OC)c(OC)c2)c1. The Kier molecular flexibility index (Phi) is 7.95. The average molecular weight is 389 g/mol. The Balaban J connectivity index is 1.92. The maximum absolute atomic E-state index is 12.3. The highest BCUT2D eigenvalue weighted by molar-refractivity contribution is 5.76. The molecule has 1 amide bonds. The highest BCUT2D eigenvalue weighted by Gasteiger charge is 2.15. The molecule has 0 saturated carbocycles. The van der Waals surface area contributed by atoms with E-state index in [9.17, 15) is 4.79 Å². The molecule has 0 aromatic heterocycles. The van der Waals surface area contributed by atoms with Gasteiger partial charge >= 0.3 is 0 Å². The number of carbonyl (C=O) groups is 1. The molecule has 7 heteroatoms. The average Bonchev–Trinajstić information content (AvgIpc) is 2.71. The first kappa shape index (κ1) is 21.4. The Hall–Kier alpha value is -2.93. The Bertz CT molecular complexity index is 769. The highest BCUT2D eigenvalue weighted by atomic mass is 16.5. The summed E-state index contributed by atoms with van der Waals surface area (Å²) in [5.74, 6) is 2.44. The summed E-state index contributed by atoms with van der Waals surface area (Å²) in [6.07, 6.45) is 0. The summed E-state index contributed by atoms with van der Waals surface area (Å²) < 4.78 is 21.2. The second-order valence-electron chi connectivity index (χ2n) is 6.47. The van der Waals surface area contributed by atoms with Gasteiger partial charge in [-0.3, -0.25) is 4.79 Å². The van der Waals surface area contributed by atoms with Crippen molar-refractivity contribution in [1.29, 1.82) is 0 Å². The highest BCUT2D eigenvalue weighted by Crippen LogP contribution is 2.38. The third kappa shape index (κ3) is 5.79. The summed E-state index contributed by atoms with van der Waals surface area (Å²) in [6, 6.07) is 11.5. The van der Waals surface area contributed by atoms with Crippen LogP contribution in [0.5, 0.6) is 23.0 Å². The van der Waals surface area contributed by atoms with E-state index < -0.39 is 0 Å². The molecule has 0 bridgehead atoms. The maximum Gasteiger partial charge on any atom is 0.275 e. The molecule has 0 fully saturated rings. The molecule has 28 heavy (non-hydrogen) atoms. The van der Waals surface area contributed by atoms with Crippen molar-refractivity contribution in [3.05, 3.63) is 47.5 Å². The smallest absolute Gasteiger partial charge is 0.275 e. The molecule has 0 radical (unpaired) electrons. The van der Waals surface area contributed by atoms with Gasteiger partial charge in [0.2, 0.25) is 5.75 Å². The predicted octanol–water partition coefficient (Wildman–Crippen LogP) is 1.05. The topological polar surface area (TPSA) is 70.5 Å². The Labute approximate surface area is 166 Å². The first-order valence-corrected chi connectivity index (χ1v) is 9.00. The van der Waals surface area contributed by atoms with Crippen molar-refractivity contribution >= 4 is 5.91 Å². The molecule has 0 aliphatic heterocycles. The standard InChI is InChI=1S/C21H28N2O5/c1-23(13-15-7-6-8-17(9-15)25-2)14-20(24)22-12-16-10-18(26-3)21(28-5)19(11-16)27-4/h6-11H,12-14H2,1-5H3,(H,22,24)/p+1. The minimum absolute atomic E-state index is 0.0332. The zero-order valence-corrected chi connectivity index (χ0v) is 17.1. The lowest BCUT2D eigenvalue weighted by atomic mass is 10.1. The third-order valence-corrected chi connectivity index (χ3v) is 4.32. The van der Waals surface area contributed by atoms with E-state index >= 15 is 0 Å². The molecule has 152 valence electrons. The number of quaternary nitrogens is 1. The van der Waals surface area contributed by atoms with Crippen molar-refractivity contribution in [2.24, 2.45) is 0 Å². The Morgan fingerprint density at radius 2 is 1.61 bits per heavy atom. The zero-order valence-electron chi connectivity index (χ0n) is 17.1. The van der Waals surface area contributed by atoms with E-state index in [-0.39, 0.29) is 5.91 Å². The normalized spacial score (nSPS) is 11.5. The second-order valence-corrected chi connectivity index (χ2v) is 6.47. The molecular formula is C21H29N2O5+. The molecule has 0 aliphatic carbocycles. The molecule has 0 spiro atoms. The number of rotatable bonds is 10. The summed E-state index contributed by atoms with van der Waals surface area (Å²) in [4.78, 5) is 13.4. The maximum atomic E-state index is 12.3. The van der Waals surface area contributed by atoms with Gasteiger partial charge in [-0.25, -0.2) is 0 Å². The van der Waals surface area contributed by atoms with E-state index in [1.54, 1.807) is 28.4 Å². The van der Waals surface area contributed by atoms with Crippen LogP contribution in [0.15, 0.2) is 36.4 Å². The lowest BCUT2D eigenvalue weighted by molar-refractivity contribution is -0.885. The fourth-order valence-electron chi connectivity index (χ4n) is 2.97. The van der Waals surface area contributed by atoms with Crippen molar-refractivity contribution in [3.8, 4) is 23.0 Å². The van der Waals surface area contributed by atoms with Crippen molar-refractivity contribution in [2.75, 3.05) is 42.0 Å². The van der Waals surface area contributed by atoms with Crippen LogP contribution in [0, 0.1) is 0 Å². The van der Waals surface area contributed by atoms with Crippen LogP contribution in [-0.4, -0.2) is 47.9 Å². The minimum Gasteiger partial charge on any atom is -0.497 e. The van der Waals surface area contributed by atoms with Crippen molar-refractivity contribution in [1.82, 2.24) is 5.32 Å². The zero-order chi connectivity index (χ0) is 20.5. The fourth-order valence-corrected chi connectivity index (χ4v) is 2.97. The van der Waals surface area contributed by atoms with Gasteiger partial charge in [-0.05, 0) is 29.8 Å². The first-order chi connectivity index (χ1) is 13.5. The second kappa shape index (κ2) is 10.4. The molecule has 1 atom stereocenters. The molecule has 7 nitrogen and oxygen atoms in total. The number of hydrogen-bond donors (Lipinski definition) is 2. The van der Waals surface area contributed by atoms with Crippen LogP contribution in [0.25, 0.3) is 0 Å². The number of ether oxygens (including phenoxy) is 4. The summed E-state index contributed by atoms with van der Waals surface area (Å²) in [7, 11) is 8.32. The van der Waals surface area contributed by atoms with E-state index in [2.05, 4.69) is 5.32 Å². The van der Waals surface area contributed by atoms with Gasteiger partial charge in [-0.15, -0.1) is 0 Å². The monoisotopic (exact) mass is 389 g/mol. The molecule has 2 N–H and O–H groups in total. The van der Waals surface area contributed by atoms with Gasteiger partial charge < -0.3 is 29.2 Å². The van der Waals surface area contributed by atoms with Crippen LogP contribution in [0.4, 0.5) is 0 Å². The van der Waals surface area contributed by atoms with E-state index in [0.29, 0.717) is 30.3 Å². The number of benzene rings is 2. The van der Waals surface area contributed by atoms with Crippen LogP contribution >= 0.6 is 0 Å². The fraction of sp³-hybridized carbons (Fsp3) is 0.381. The number of carbonyl (C=O) groups excluding carboxylic acids is 1. The molecular weight excluding hydrogens is 360 g/mol. The van der Waals surface area contributed by atoms with Gasteiger partial charge in [0, 0.05) is 12.1 Å². The summed E-state index contributed by atoms with van der Waals surface area (Å²) in [5, 5.41) is 2.94. The van der Waals surface area contributed by atoms with E-state index in [0.717, 1.165) is 28.3 Å². The molecule has 2 aromatic rings. The number of amides is 1. The van der Waals surface area contributed by atoms with Crippen LogP contribution in [0.1, 0.15) is 11.1 Å². The lowest BCUT2D eigenvalue weighted by Gasteiger charge is -2.16. The third-order valence-electron chi connectivity index (χ3n) is 4.32. The van der Waals surface area contributed by atoms with Gasteiger partial charge in [0.1, 0.15) is 12.3 Å². The van der Waals surface area contributed by atoms with Crippen LogP contribution in [-0.2, 0) is 17.9 Å². The molecule has 0 heterocycles. The van der Waals surface area contributed by atoms with Crippen LogP contribution in [0.2, 0.25) is 0 Å². The van der Waals surface area contributed by atoms with Gasteiger partial charge in [-0.2, -0.15) is 0 Å². The quantitative estimate of drug-likeness (QED) is 0.636. The van der Waals surface area contributed by atoms with Crippen LogP contribution < -0.4 is 29.2 Å². The van der Waals surface area contributed by atoms with E-state index in [4.69, 9.17) is 18.9 Å². The Morgan fingerprint density at radius 3 is 2.18 bits per heavy atom. The molecule has 2 aromatic carbocycles. The summed E-state index contributed by atoms with van der Waals surface area (Å²) >= 11 is 0. The Morgan fingerprint density at radius 1 is 0.929 bits per heavy atom. The van der Waals surface area contributed by atoms with E-state index in [1.165, 1.54) is 0 Å². The molecule has 0 aliphatic rings. The summed E-state index contributed by atoms with van der Waals surface area (Å²) in [6.45, 7) is 1.47. The number of likely N-dealkylation sites (N-methyl/N-ethyl adjacent to an activating group) is 1. The lowest BCUT2D eigenvalue weighted by Crippen LogP contribution is -3.08. The van der Waals surface area contributed by atoms with Gasteiger partial charge in [0.25, 0.3) is 5.91 Å².